The maximum absolute atomic E-state index is 11.5. The van der Waals surface area contributed by atoms with E-state index in [2.05, 4.69) is 27.6 Å². The molecule has 0 fully saturated rings. The molecule has 0 aliphatic carbocycles. The summed E-state index contributed by atoms with van der Waals surface area (Å²) < 4.78 is 5.93. The van der Waals surface area contributed by atoms with E-state index in [1.54, 1.807) is 13.0 Å². The van der Waals surface area contributed by atoms with E-state index in [1.807, 2.05) is 13.0 Å². The molecule has 2 rings (SSSR count). The minimum atomic E-state index is -0.314. The highest BCUT2D eigenvalue weighted by atomic mass is 127. The van der Waals surface area contributed by atoms with Crippen molar-refractivity contribution < 1.29 is 4.42 Å². The molecule has 72 valence electrons. The van der Waals surface area contributed by atoms with Gasteiger partial charge in [-0.05, 0) is 41.1 Å². The van der Waals surface area contributed by atoms with Crippen LogP contribution in [0.2, 0.25) is 0 Å². The standard InChI is InChI=1S/C10H8INO2/c1-5-3-4-7-9(8(5)11)12-6(2)14-10(7)13/h3-4H,1-2H3. The Morgan fingerprint density at radius 1 is 1.36 bits per heavy atom. The summed E-state index contributed by atoms with van der Waals surface area (Å²) in [6.07, 6.45) is 0. The van der Waals surface area contributed by atoms with Gasteiger partial charge in [0.1, 0.15) is 0 Å². The van der Waals surface area contributed by atoms with Crippen LogP contribution in [-0.2, 0) is 0 Å². The topological polar surface area (TPSA) is 43.1 Å². The molecule has 3 nitrogen and oxygen atoms in total. The average molecular weight is 301 g/mol. The van der Waals surface area contributed by atoms with Gasteiger partial charge >= 0.3 is 5.63 Å². The molecular weight excluding hydrogens is 293 g/mol. The molecule has 0 aliphatic heterocycles. The summed E-state index contributed by atoms with van der Waals surface area (Å²) in [6.45, 7) is 3.67. The molecule has 0 bridgehead atoms. The van der Waals surface area contributed by atoms with E-state index in [1.165, 1.54) is 0 Å². The second kappa shape index (κ2) is 3.34. The van der Waals surface area contributed by atoms with Gasteiger partial charge in [0.25, 0.3) is 0 Å². The van der Waals surface area contributed by atoms with E-state index in [0.29, 0.717) is 11.3 Å². The van der Waals surface area contributed by atoms with Crippen molar-refractivity contribution in [2.24, 2.45) is 0 Å². The summed E-state index contributed by atoms with van der Waals surface area (Å²) in [6, 6.07) is 3.66. The van der Waals surface area contributed by atoms with Crippen LogP contribution in [0, 0.1) is 17.4 Å². The zero-order chi connectivity index (χ0) is 10.3. The van der Waals surface area contributed by atoms with Gasteiger partial charge in [-0.15, -0.1) is 0 Å². The molecular formula is C10H8INO2. The van der Waals surface area contributed by atoms with Crippen LogP contribution in [-0.4, -0.2) is 4.98 Å². The fourth-order valence-electron chi connectivity index (χ4n) is 1.31. The quantitative estimate of drug-likeness (QED) is 0.702. The first-order valence-electron chi connectivity index (χ1n) is 4.16. The molecule has 0 aliphatic rings. The van der Waals surface area contributed by atoms with Crippen LogP contribution in [0.4, 0.5) is 0 Å². The number of aryl methyl sites for hydroxylation is 2. The zero-order valence-corrected chi connectivity index (χ0v) is 9.95. The minimum absolute atomic E-state index is 0.314. The molecule has 0 radical (unpaired) electrons. The first-order valence-corrected chi connectivity index (χ1v) is 5.24. The first kappa shape index (κ1) is 9.64. The molecule has 2 aromatic rings. The Morgan fingerprint density at radius 3 is 2.79 bits per heavy atom. The lowest BCUT2D eigenvalue weighted by atomic mass is 10.2. The lowest BCUT2D eigenvalue weighted by Gasteiger charge is -2.02. The van der Waals surface area contributed by atoms with Gasteiger partial charge in [0, 0.05) is 10.5 Å². The van der Waals surface area contributed by atoms with Crippen molar-refractivity contribution in [1.29, 1.82) is 0 Å². The van der Waals surface area contributed by atoms with Crippen molar-refractivity contribution in [3.05, 3.63) is 37.6 Å². The molecule has 0 unspecified atom stereocenters. The summed E-state index contributed by atoms with van der Waals surface area (Å²) in [5.74, 6) is 0.408. The van der Waals surface area contributed by atoms with E-state index >= 15 is 0 Å². The third-order valence-corrected chi connectivity index (χ3v) is 3.40. The van der Waals surface area contributed by atoms with Gasteiger partial charge in [0.2, 0.25) is 0 Å². The second-order valence-corrected chi connectivity index (χ2v) is 4.19. The summed E-state index contributed by atoms with van der Waals surface area (Å²) in [5, 5.41) is 0.547. The summed E-state index contributed by atoms with van der Waals surface area (Å²) in [7, 11) is 0. The van der Waals surface area contributed by atoms with E-state index < -0.39 is 0 Å². The molecule has 0 N–H and O–H groups in total. The van der Waals surface area contributed by atoms with Crippen molar-refractivity contribution in [2.45, 2.75) is 13.8 Å². The predicted molar refractivity (Wildman–Crippen MR) is 62.5 cm³/mol. The molecule has 0 atom stereocenters. The van der Waals surface area contributed by atoms with Crippen molar-refractivity contribution in [1.82, 2.24) is 4.98 Å². The summed E-state index contributed by atoms with van der Waals surface area (Å²) in [5.41, 5.74) is 1.54. The number of hydrogen-bond donors (Lipinski definition) is 0. The van der Waals surface area contributed by atoms with Crippen LogP contribution in [0.15, 0.2) is 21.3 Å². The fourth-order valence-corrected chi connectivity index (χ4v) is 1.90. The Kier molecular flexibility index (Phi) is 2.30. The van der Waals surface area contributed by atoms with Crippen LogP contribution < -0.4 is 5.63 Å². The number of aromatic nitrogens is 1. The highest BCUT2D eigenvalue weighted by Crippen LogP contribution is 2.19. The van der Waals surface area contributed by atoms with Gasteiger partial charge in [0.15, 0.2) is 5.89 Å². The largest absolute Gasteiger partial charge is 0.408 e. The van der Waals surface area contributed by atoms with E-state index in [4.69, 9.17) is 4.42 Å². The minimum Gasteiger partial charge on any atom is -0.408 e. The highest BCUT2D eigenvalue weighted by Gasteiger charge is 2.08. The normalized spacial score (nSPS) is 10.8. The number of halogens is 1. The lowest BCUT2D eigenvalue weighted by Crippen LogP contribution is -2.04. The molecule has 4 heteroatoms. The van der Waals surface area contributed by atoms with E-state index in [-0.39, 0.29) is 5.63 Å². The molecule has 0 amide bonds. The number of fused-ring (bicyclic) bond motifs is 1. The Bertz CT molecular complexity index is 560. The fraction of sp³-hybridized carbons (Fsp3) is 0.200. The Labute approximate surface area is 94.3 Å². The highest BCUT2D eigenvalue weighted by molar-refractivity contribution is 14.1. The maximum atomic E-state index is 11.5. The zero-order valence-electron chi connectivity index (χ0n) is 7.80. The summed E-state index contributed by atoms with van der Waals surface area (Å²) >= 11 is 2.19. The van der Waals surface area contributed by atoms with Gasteiger partial charge in [-0.1, -0.05) is 6.07 Å². The Morgan fingerprint density at radius 2 is 2.07 bits per heavy atom. The Balaban J connectivity index is 3.03. The van der Waals surface area contributed by atoms with Crippen molar-refractivity contribution in [3.8, 4) is 0 Å². The molecule has 0 spiro atoms. The van der Waals surface area contributed by atoms with Crippen molar-refractivity contribution in [2.75, 3.05) is 0 Å². The molecule has 1 aromatic carbocycles. The van der Waals surface area contributed by atoms with Crippen LogP contribution in [0.3, 0.4) is 0 Å². The number of nitrogens with zero attached hydrogens (tertiary/aromatic N) is 1. The lowest BCUT2D eigenvalue weighted by molar-refractivity contribution is 0.467. The third-order valence-electron chi connectivity index (χ3n) is 2.04. The van der Waals surface area contributed by atoms with Crippen LogP contribution in [0.1, 0.15) is 11.5 Å². The third kappa shape index (κ3) is 1.43. The van der Waals surface area contributed by atoms with Gasteiger partial charge in [-0.2, -0.15) is 0 Å². The van der Waals surface area contributed by atoms with Crippen LogP contribution >= 0.6 is 22.6 Å². The number of rotatable bonds is 0. The smallest absolute Gasteiger partial charge is 0.346 e. The average Bonchev–Trinajstić information content (AvgIpc) is 2.12. The Hall–Kier alpha value is -0.910. The van der Waals surface area contributed by atoms with E-state index in [0.717, 1.165) is 14.7 Å². The van der Waals surface area contributed by atoms with Crippen molar-refractivity contribution >= 4 is 33.5 Å². The molecule has 0 saturated heterocycles. The molecule has 14 heavy (non-hydrogen) atoms. The maximum Gasteiger partial charge on any atom is 0.346 e. The predicted octanol–water partition coefficient (Wildman–Crippen LogP) is 2.41. The van der Waals surface area contributed by atoms with Crippen molar-refractivity contribution in [3.63, 3.8) is 0 Å². The summed E-state index contributed by atoms with van der Waals surface area (Å²) in [4.78, 5) is 15.7. The number of benzene rings is 1. The molecule has 1 aromatic heterocycles. The second-order valence-electron chi connectivity index (χ2n) is 3.11. The SMILES string of the molecule is Cc1nc2c(I)c(C)ccc2c(=O)o1. The van der Waals surface area contributed by atoms with Gasteiger partial charge in [0.05, 0.1) is 10.9 Å². The molecule has 1 heterocycles. The molecule has 0 saturated carbocycles. The van der Waals surface area contributed by atoms with E-state index in [9.17, 15) is 4.79 Å². The monoisotopic (exact) mass is 301 g/mol. The van der Waals surface area contributed by atoms with Crippen LogP contribution in [0.5, 0.6) is 0 Å². The van der Waals surface area contributed by atoms with Crippen LogP contribution in [0.25, 0.3) is 10.9 Å². The van der Waals surface area contributed by atoms with Gasteiger partial charge in [-0.25, -0.2) is 9.78 Å². The first-order chi connectivity index (χ1) is 6.59. The van der Waals surface area contributed by atoms with Gasteiger partial charge in [-0.3, -0.25) is 0 Å². The number of hydrogen-bond acceptors (Lipinski definition) is 3. The van der Waals surface area contributed by atoms with Gasteiger partial charge < -0.3 is 4.42 Å².